The molecular formula is C26H22ClN5O4S2. The van der Waals surface area contributed by atoms with Crippen molar-refractivity contribution in [3.63, 3.8) is 0 Å². The lowest BCUT2D eigenvalue weighted by Gasteiger charge is -2.33. The number of halogens is 1. The number of nitrogens with zero attached hydrogens (tertiary/aromatic N) is 4. The molecule has 1 N–H and O–H groups in total. The molecule has 0 aliphatic carbocycles. The van der Waals surface area contributed by atoms with Gasteiger partial charge in [0.1, 0.15) is 22.2 Å². The Morgan fingerprint density at radius 2 is 1.71 bits per heavy atom. The number of para-hydroxylation sites is 1. The van der Waals surface area contributed by atoms with Crippen molar-refractivity contribution in [2.75, 3.05) is 36.0 Å². The van der Waals surface area contributed by atoms with Crippen LogP contribution in [0.2, 0.25) is 5.15 Å². The van der Waals surface area contributed by atoms with Gasteiger partial charge in [0.15, 0.2) is 10.2 Å². The van der Waals surface area contributed by atoms with Gasteiger partial charge in [-0.3, -0.25) is 24.6 Å². The Morgan fingerprint density at radius 3 is 2.37 bits per heavy atom. The molecule has 3 aromatic rings. The molecule has 0 saturated carbocycles. The van der Waals surface area contributed by atoms with Crippen LogP contribution in [-0.2, 0) is 14.4 Å². The molecule has 0 radical (unpaired) electrons. The number of carbonyl (C=O) groups is 3. The molecule has 0 unspecified atom stereocenters. The summed E-state index contributed by atoms with van der Waals surface area (Å²) in [4.78, 5) is 47.7. The lowest BCUT2D eigenvalue weighted by molar-refractivity contribution is -0.129. The summed E-state index contributed by atoms with van der Waals surface area (Å²) in [7, 11) is 0. The fourth-order valence-electron chi connectivity index (χ4n) is 4.05. The van der Waals surface area contributed by atoms with Gasteiger partial charge in [0.05, 0.1) is 10.6 Å². The minimum atomic E-state index is -0.610. The highest BCUT2D eigenvalue weighted by Crippen LogP contribution is 2.33. The Bertz CT molecular complexity index is 1430. The second-order valence-electron chi connectivity index (χ2n) is 8.51. The zero-order valence-electron chi connectivity index (χ0n) is 20.2. The van der Waals surface area contributed by atoms with Gasteiger partial charge in [-0.15, -0.1) is 0 Å². The highest BCUT2D eigenvalue weighted by atomic mass is 35.5. The monoisotopic (exact) mass is 567 g/mol. The molecule has 38 heavy (non-hydrogen) atoms. The van der Waals surface area contributed by atoms with Gasteiger partial charge in [-0.05, 0) is 54.7 Å². The van der Waals surface area contributed by atoms with Crippen LogP contribution in [0.3, 0.4) is 0 Å². The molecule has 2 aromatic carbocycles. The number of hydrogen-bond acceptors (Lipinski definition) is 8. The third kappa shape index (κ3) is 5.40. The molecule has 3 amide bonds. The molecule has 5 rings (SSSR count). The summed E-state index contributed by atoms with van der Waals surface area (Å²) in [5, 5.41) is 3.41. The normalized spacial score (nSPS) is 17.2. The summed E-state index contributed by atoms with van der Waals surface area (Å²) < 4.78 is 5.81. The molecule has 1 aromatic heterocycles. The summed E-state index contributed by atoms with van der Waals surface area (Å²) >= 11 is 13.0. The van der Waals surface area contributed by atoms with Crippen molar-refractivity contribution in [1.82, 2.24) is 15.2 Å². The van der Waals surface area contributed by atoms with E-state index >= 15 is 0 Å². The first-order valence-electron chi connectivity index (χ1n) is 11.7. The Kier molecular flexibility index (Phi) is 7.41. The number of amides is 3. The van der Waals surface area contributed by atoms with E-state index in [4.69, 9.17) is 28.6 Å². The minimum Gasteiger partial charge on any atom is -0.457 e. The maximum Gasteiger partial charge on any atom is 0.270 e. The van der Waals surface area contributed by atoms with Crippen LogP contribution in [0, 0.1) is 0 Å². The minimum absolute atomic E-state index is 0.0201. The van der Waals surface area contributed by atoms with Gasteiger partial charge >= 0.3 is 0 Å². The quantitative estimate of drug-likeness (QED) is 0.282. The number of hydrogen-bond donors (Lipinski definition) is 1. The van der Waals surface area contributed by atoms with E-state index in [9.17, 15) is 14.4 Å². The summed E-state index contributed by atoms with van der Waals surface area (Å²) in [6.45, 7) is 3.96. The number of piperazine rings is 1. The van der Waals surface area contributed by atoms with Crippen molar-refractivity contribution in [2.24, 2.45) is 0 Å². The van der Waals surface area contributed by atoms with E-state index in [1.54, 1.807) is 36.1 Å². The van der Waals surface area contributed by atoms with E-state index in [1.165, 1.54) is 22.3 Å². The van der Waals surface area contributed by atoms with Crippen LogP contribution < -0.4 is 19.9 Å². The van der Waals surface area contributed by atoms with Crippen LogP contribution in [0.25, 0.3) is 6.08 Å². The van der Waals surface area contributed by atoms with Crippen LogP contribution >= 0.6 is 35.2 Å². The molecule has 2 saturated heterocycles. The maximum absolute atomic E-state index is 13.4. The summed E-state index contributed by atoms with van der Waals surface area (Å²) in [6, 6.07) is 16.1. The zero-order valence-corrected chi connectivity index (χ0v) is 22.6. The van der Waals surface area contributed by atoms with Gasteiger partial charge in [0.2, 0.25) is 5.91 Å². The lowest BCUT2D eigenvalue weighted by atomic mass is 10.1. The summed E-state index contributed by atoms with van der Waals surface area (Å²) in [5.74, 6) is 0.125. The lowest BCUT2D eigenvalue weighted by Crippen LogP contribution is -2.54. The number of thiazole rings is 1. The van der Waals surface area contributed by atoms with E-state index < -0.39 is 11.8 Å². The topological polar surface area (TPSA) is 95.1 Å². The zero-order chi connectivity index (χ0) is 26.8. The first-order valence-corrected chi connectivity index (χ1v) is 13.3. The summed E-state index contributed by atoms with van der Waals surface area (Å²) in [5.41, 5.74) is 0.368. The van der Waals surface area contributed by atoms with Gasteiger partial charge in [0.25, 0.3) is 11.8 Å². The Balaban J connectivity index is 1.35. The second kappa shape index (κ2) is 10.9. The van der Waals surface area contributed by atoms with E-state index in [0.717, 1.165) is 0 Å². The van der Waals surface area contributed by atoms with Crippen LogP contribution in [-0.4, -0.2) is 58.9 Å². The predicted octanol–water partition coefficient (Wildman–Crippen LogP) is 4.09. The number of carbonyl (C=O) groups excluding carboxylic acids is 3. The molecule has 12 heteroatoms. The van der Waals surface area contributed by atoms with E-state index in [1.807, 2.05) is 35.2 Å². The van der Waals surface area contributed by atoms with Crippen molar-refractivity contribution >= 4 is 74.9 Å². The first kappa shape index (κ1) is 25.8. The fraction of sp³-hybridized carbons (Fsp3) is 0.192. The van der Waals surface area contributed by atoms with Crippen molar-refractivity contribution in [1.29, 1.82) is 0 Å². The Morgan fingerprint density at radius 1 is 1.05 bits per heavy atom. The molecule has 194 valence electrons. The molecule has 0 spiro atoms. The van der Waals surface area contributed by atoms with Gasteiger partial charge in [0, 0.05) is 33.1 Å². The van der Waals surface area contributed by atoms with E-state index in [0.29, 0.717) is 53.4 Å². The number of benzene rings is 2. The van der Waals surface area contributed by atoms with Crippen molar-refractivity contribution in [3.8, 4) is 11.5 Å². The molecule has 2 aliphatic rings. The largest absolute Gasteiger partial charge is 0.457 e. The van der Waals surface area contributed by atoms with Crippen molar-refractivity contribution in [2.45, 2.75) is 6.92 Å². The number of thiocarbonyl (C=S) groups is 1. The van der Waals surface area contributed by atoms with Crippen LogP contribution in [0.4, 0.5) is 10.8 Å². The Hall–Kier alpha value is -3.80. The van der Waals surface area contributed by atoms with E-state index in [-0.39, 0.29) is 21.7 Å². The molecule has 9 nitrogen and oxygen atoms in total. The third-order valence-electron chi connectivity index (χ3n) is 6.04. The number of anilines is 2. The smallest absolute Gasteiger partial charge is 0.270 e. The highest BCUT2D eigenvalue weighted by molar-refractivity contribution is 7.80. The molecule has 2 fully saturated rings. The average Bonchev–Trinajstić information content (AvgIpc) is 3.28. The number of aromatic nitrogens is 1. The van der Waals surface area contributed by atoms with Crippen LogP contribution in [0.5, 0.6) is 11.5 Å². The highest BCUT2D eigenvalue weighted by Gasteiger charge is 2.35. The summed E-state index contributed by atoms with van der Waals surface area (Å²) in [6.07, 6.45) is 1.44. The number of rotatable bonds is 5. The van der Waals surface area contributed by atoms with Gasteiger partial charge in [-0.1, -0.05) is 41.1 Å². The van der Waals surface area contributed by atoms with E-state index in [2.05, 4.69) is 10.3 Å². The standard InChI is InChI=1S/C26H22ClN5O4S2/c1-16(33)30-11-13-31(14-12-30)26-28-22(27)21(38-26)15-20-23(34)29-25(37)32(24(20)35)17-7-9-19(10-8-17)36-18-5-3-2-4-6-18/h2-10,15H,11-14H2,1H3,(H,29,34,37)/b20-15+. The van der Waals surface area contributed by atoms with Gasteiger partial charge in [-0.2, -0.15) is 0 Å². The van der Waals surface area contributed by atoms with Gasteiger partial charge in [-0.25, -0.2) is 4.98 Å². The van der Waals surface area contributed by atoms with Crippen molar-refractivity contribution in [3.05, 3.63) is 70.2 Å². The third-order valence-corrected chi connectivity index (χ3v) is 7.79. The second-order valence-corrected chi connectivity index (χ2v) is 10.3. The van der Waals surface area contributed by atoms with Crippen LogP contribution in [0.15, 0.2) is 60.2 Å². The molecule has 0 atom stereocenters. The average molecular weight is 568 g/mol. The molecule has 0 bridgehead atoms. The molecule has 2 aliphatic heterocycles. The van der Waals surface area contributed by atoms with Crippen molar-refractivity contribution < 1.29 is 19.1 Å². The molecular weight excluding hydrogens is 546 g/mol. The predicted molar refractivity (Wildman–Crippen MR) is 151 cm³/mol. The number of nitrogens with one attached hydrogen (secondary N) is 1. The number of ether oxygens (including phenoxy) is 1. The maximum atomic E-state index is 13.4. The fourth-order valence-corrected chi connectivity index (χ4v) is 5.58. The van der Waals surface area contributed by atoms with Gasteiger partial charge < -0.3 is 14.5 Å². The van der Waals surface area contributed by atoms with Crippen LogP contribution in [0.1, 0.15) is 11.8 Å². The SMILES string of the molecule is CC(=O)N1CCN(c2nc(Cl)c(/C=C3\C(=O)NC(=S)N(c4ccc(Oc5ccccc5)cc4)C3=O)s2)CC1. The Labute approximate surface area is 233 Å². The molecule has 3 heterocycles. The first-order chi connectivity index (χ1) is 18.3.